The summed E-state index contributed by atoms with van der Waals surface area (Å²) in [7, 11) is 0. The van der Waals surface area contributed by atoms with Crippen molar-refractivity contribution >= 4 is 17.6 Å². The first kappa shape index (κ1) is 21.2. The molecule has 2 heterocycles. The summed E-state index contributed by atoms with van der Waals surface area (Å²) >= 11 is 0. The Balaban J connectivity index is 1.93. The maximum absolute atomic E-state index is 12.8. The second kappa shape index (κ2) is 7.74. The predicted molar refractivity (Wildman–Crippen MR) is 93.2 cm³/mol. The first-order valence-electron chi connectivity index (χ1n) is 8.10. The molecule has 3 aromatic rings. The SMILES string of the molecule is Nc1nc(Nc2ccnc(C(F)(F)F)c2)nc(-c2cccc(C(O)C(F)(F)F)c2)n1. The van der Waals surface area contributed by atoms with Crippen molar-refractivity contribution in [3.05, 3.63) is 53.9 Å². The van der Waals surface area contributed by atoms with Crippen molar-refractivity contribution in [2.24, 2.45) is 0 Å². The van der Waals surface area contributed by atoms with Crippen LogP contribution < -0.4 is 11.1 Å². The fourth-order valence-corrected chi connectivity index (χ4v) is 2.41. The molecule has 1 unspecified atom stereocenters. The third kappa shape index (κ3) is 4.92. The van der Waals surface area contributed by atoms with Gasteiger partial charge in [-0.3, -0.25) is 4.98 Å². The van der Waals surface area contributed by atoms with E-state index >= 15 is 0 Å². The van der Waals surface area contributed by atoms with E-state index in [1.807, 2.05) is 0 Å². The van der Waals surface area contributed by atoms with Crippen LogP contribution >= 0.6 is 0 Å². The number of hydrogen-bond donors (Lipinski definition) is 3. The fraction of sp³-hybridized carbons (Fsp3) is 0.176. The lowest BCUT2D eigenvalue weighted by molar-refractivity contribution is -0.206. The Morgan fingerprint density at radius 3 is 2.37 bits per heavy atom. The molecule has 1 atom stereocenters. The molecule has 0 saturated carbocycles. The Bertz CT molecular complexity index is 1060. The Hall–Kier alpha value is -3.48. The van der Waals surface area contributed by atoms with Gasteiger partial charge in [0.05, 0.1) is 0 Å². The molecule has 1 aromatic carbocycles. The smallest absolute Gasteiger partial charge is 0.379 e. The summed E-state index contributed by atoms with van der Waals surface area (Å²) in [4.78, 5) is 14.8. The first-order chi connectivity index (χ1) is 13.9. The van der Waals surface area contributed by atoms with Crippen LogP contribution in [0, 0.1) is 0 Å². The Labute approximate surface area is 164 Å². The van der Waals surface area contributed by atoms with Crippen LogP contribution in [0.4, 0.5) is 43.9 Å². The molecule has 0 aliphatic carbocycles. The minimum absolute atomic E-state index is 0.0462. The van der Waals surface area contributed by atoms with Crippen molar-refractivity contribution in [2.45, 2.75) is 18.5 Å². The van der Waals surface area contributed by atoms with Crippen molar-refractivity contribution in [1.82, 2.24) is 19.9 Å². The van der Waals surface area contributed by atoms with E-state index in [9.17, 15) is 31.4 Å². The molecular weight excluding hydrogens is 418 g/mol. The van der Waals surface area contributed by atoms with Gasteiger partial charge in [0.2, 0.25) is 11.9 Å². The Morgan fingerprint density at radius 2 is 1.70 bits per heavy atom. The van der Waals surface area contributed by atoms with Gasteiger partial charge in [0.25, 0.3) is 0 Å². The van der Waals surface area contributed by atoms with Gasteiger partial charge in [0.1, 0.15) is 5.69 Å². The molecule has 0 radical (unpaired) electrons. The number of nitrogens with two attached hydrogens (primary N) is 1. The zero-order valence-corrected chi connectivity index (χ0v) is 14.7. The number of aromatic nitrogens is 4. The van der Waals surface area contributed by atoms with Gasteiger partial charge >= 0.3 is 12.4 Å². The number of nitrogens with one attached hydrogen (secondary N) is 1. The van der Waals surface area contributed by atoms with Gasteiger partial charge in [-0.25, -0.2) is 0 Å². The Kier molecular flexibility index (Phi) is 5.48. The quantitative estimate of drug-likeness (QED) is 0.539. The number of pyridine rings is 1. The van der Waals surface area contributed by atoms with Crippen LogP contribution in [-0.4, -0.2) is 31.2 Å². The lowest BCUT2D eigenvalue weighted by Gasteiger charge is -2.15. The molecule has 0 aliphatic rings. The van der Waals surface area contributed by atoms with Crippen molar-refractivity contribution in [3.8, 4) is 11.4 Å². The molecular formula is C17H12F6N6O. The number of nitrogens with zero attached hydrogens (tertiary/aromatic N) is 4. The van der Waals surface area contributed by atoms with Crippen LogP contribution in [0.5, 0.6) is 0 Å². The molecule has 2 aromatic heterocycles. The molecule has 0 amide bonds. The number of nitrogen functional groups attached to an aromatic ring is 1. The van der Waals surface area contributed by atoms with Gasteiger partial charge in [-0.1, -0.05) is 18.2 Å². The molecule has 13 heteroatoms. The van der Waals surface area contributed by atoms with E-state index < -0.39 is 29.7 Å². The van der Waals surface area contributed by atoms with Crippen LogP contribution in [0.2, 0.25) is 0 Å². The molecule has 4 N–H and O–H groups in total. The fourth-order valence-electron chi connectivity index (χ4n) is 2.41. The molecule has 0 saturated heterocycles. The predicted octanol–water partition coefficient (Wildman–Crippen LogP) is 3.87. The maximum Gasteiger partial charge on any atom is 0.433 e. The van der Waals surface area contributed by atoms with Crippen molar-refractivity contribution in [2.75, 3.05) is 11.1 Å². The summed E-state index contributed by atoms with van der Waals surface area (Å²) in [6.45, 7) is 0. The molecule has 0 bridgehead atoms. The largest absolute Gasteiger partial charge is 0.433 e. The van der Waals surface area contributed by atoms with E-state index in [0.29, 0.717) is 0 Å². The summed E-state index contributed by atoms with van der Waals surface area (Å²) in [5.41, 5.74) is 4.03. The normalized spacial score (nSPS) is 13.2. The van der Waals surface area contributed by atoms with E-state index in [-0.39, 0.29) is 29.0 Å². The van der Waals surface area contributed by atoms with Crippen LogP contribution in [0.25, 0.3) is 11.4 Å². The summed E-state index contributed by atoms with van der Waals surface area (Å²) < 4.78 is 76.6. The molecule has 7 nitrogen and oxygen atoms in total. The number of rotatable bonds is 4. The standard InChI is InChI=1S/C17H12F6N6O/c18-16(19,20)11-7-10(4-5-25-11)26-15-28-13(27-14(24)29-15)9-3-1-2-8(6-9)12(30)17(21,22)23/h1-7,12,30H,(H3,24,25,26,27,28,29). The monoisotopic (exact) mass is 430 g/mol. The van der Waals surface area contributed by atoms with E-state index in [2.05, 4.69) is 25.3 Å². The van der Waals surface area contributed by atoms with Crippen molar-refractivity contribution in [3.63, 3.8) is 0 Å². The molecule has 0 spiro atoms. The first-order valence-corrected chi connectivity index (χ1v) is 8.10. The Morgan fingerprint density at radius 1 is 0.967 bits per heavy atom. The average Bonchev–Trinajstić information content (AvgIpc) is 2.66. The van der Waals surface area contributed by atoms with Crippen LogP contribution in [0.3, 0.4) is 0 Å². The highest BCUT2D eigenvalue weighted by molar-refractivity contribution is 5.61. The average molecular weight is 430 g/mol. The van der Waals surface area contributed by atoms with E-state index in [1.165, 1.54) is 18.2 Å². The number of alkyl halides is 6. The highest BCUT2D eigenvalue weighted by Gasteiger charge is 2.39. The maximum atomic E-state index is 12.8. The minimum Gasteiger partial charge on any atom is -0.379 e. The van der Waals surface area contributed by atoms with Gasteiger partial charge in [-0.2, -0.15) is 41.3 Å². The third-order valence-corrected chi connectivity index (χ3v) is 3.73. The number of hydrogen-bond acceptors (Lipinski definition) is 7. The van der Waals surface area contributed by atoms with Gasteiger partial charge in [-0.05, 0) is 23.8 Å². The highest BCUT2D eigenvalue weighted by atomic mass is 19.4. The van der Waals surface area contributed by atoms with Crippen LogP contribution in [0.1, 0.15) is 17.4 Å². The minimum atomic E-state index is -4.87. The lowest BCUT2D eigenvalue weighted by atomic mass is 10.1. The summed E-state index contributed by atoms with van der Waals surface area (Å²) in [5.74, 6) is -0.709. The molecule has 0 aliphatic heterocycles. The summed E-state index contributed by atoms with van der Waals surface area (Å²) in [6.07, 6.45) is -11.3. The lowest BCUT2D eigenvalue weighted by Crippen LogP contribution is -2.20. The summed E-state index contributed by atoms with van der Waals surface area (Å²) in [6, 6.07) is 6.67. The highest BCUT2D eigenvalue weighted by Crippen LogP contribution is 2.34. The number of aliphatic hydroxyl groups excluding tert-OH is 1. The topological polar surface area (TPSA) is 110 Å². The van der Waals surface area contributed by atoms with Crippen LogP contribution in [0.15, 0.2) is 42.6 Å². The van der Waals surface area contributed by atoms with Gasteiger partial charge in [-0.15, -0.1) is 0 Å². The van der Waals surface area contributed by atoms with E-state index in [0.717, 1.165) is 24.4 Å². The third-order valence-electron chi connectivity index (χ3n) is 3.73. The van der Waals surface area contributed by atoms with Crippen LogP contribution in [-0.2, 0) is 6.18 Å². The molecule has 30 heavy (non-hydrogen) atoms. The zero-order valence-electron chi connectivity index (χ0n) is 14.7. The van der Waals surface area contributed by atoms with E-state index in [4.69, 9.17) is 5.73 Å². The second-order valence-corrected chi connectivity index (χ2v) is 5.96. The zero-order chi connectivity index (χ0) is 22.1. The molecule has 3 rings (SSSR count). The van der Waals surface area contributed by atoms with Gasteiger partial charge in [0.15, 0.2) is 11.9 Å². The molecule has 0 fully saturated rings. The number of anilines is 3. The number of benzene rings is 1. The van der Waals surface area contributed by atoms with Gasteiger partial charge in [0, 0.05) is 17.4 Å². The van der Waals surface area contributed by atoms with Crippen molar-refractivity contribution < 1.29 is 31.4 Å². The molecule has 158 valence electrons. The second-order valence-electron chi connectivity index (χ2n) is 5.96. The number of halogens is 6. The van der Waals surface area contributed by atoms with Crippen molar-refractivity contribution in [1.29, 1.82) is 0 Å². The van der Waals surface area contributed by atoms with Gasteiger partial charge < -0.3 is 16.2 Å². The van der Waals surface area contributed by atoms with E-state index in [1.54, 1.807) is 0 Å². The summed E-state index contributed by atoms with van der Waals surface area (Å²) in [5, 5.41) is 11.9. The number of aliphatic hydroxyl groups is 1.